The Kier molecular flexibility index (Phi) is 3.38. The molecule has 0 amide bonds. The average Bonchev–Trinajstić information content (AvgIpc) is 2.18. The maximum atomic E-state index is 13.1. The van der Waals surface area contributed by atoms with Gasteiger partial charge in [0.15, 0.2) is 0 Å². The van der Waals surface area contributed by atoms with Gasteiger partial charge >= 0.3 is 0 Å². The molecule has 0 heterocycles. The predicted molar refractivity (Wildman–Crippen MR) is 52.9 cm³/mol. The van der Waals surface area contributed by atoms with Crippen LogP contribution >= 0.6 is 0 Å². The van der Waals surface area contributed by atoms with Crippen molar-refractivity contribution in [3.05, 3.63) is 47.8 Å². The molecule has 0 aliphatic rings. The van der Waals surface area contributed by atoms with Gasteiger partial charge in [-0.25, -0.2) is 4.39 Å². The van der Waals surface area contributed by atoms with E-state index in [0.29, 0.717) is 12.0 Å². The molecule has 1 atom stereocenters. The molecule has 2 N–H and O–H groups in total. The third-order valence-corrected chi connectivity index (χ3v) is 1.96. The lowest BCUT2D eigenvalue weighted by Gasteiger charge is -2.09. The van der Waals surface area contributed by atoms with Gasteiger partial charge in [0.05, 0.1) is 5.56 Å². The highest BCUT2D eigenvalue weighted by Crippen LogP contribution is 2.17. The van der Waals surface area contributed by atoms with E-state index in [1.54, 1.807) is 18.2 Å². The Balaban J connectivity index is 2.97. The number of nitrogens with two attached hydrogens (primary N) is 1. The summed E-state index contributed by atoms with van der Waals surface area (Å²) in [5.41, 5.74) is 6.47. The smallest absolute Gasteiger partial charge is 0.141 e. The summed E-state index contributed by atoms with van der Waals surface area (Å²) >= 11 is 0. The first-order valence-electron chi connectivity index (χ1n) is 4.25. The third-order valence-electron chi connectivity index (χ3n) is 1.96. The normalized spacial score (nSPS) is 11.8. The lowest BCUT2D eigenvalue weighted by Crippen LogP contribution is -2.09. The minimum Gasteiger partial charge on any atom is -0.324 e. The second-order valence-corrected chi connectivity index (χ2v) is 2.98. The lowest BCUT2D eigenvalue weighted by molar-refractivity contribution is 0.616. The van der Waals surface area contributed by atoms with Gasteiger partial charge < -0.3 is 5.73 Å². The Bertz CT molecular complexity index is 379. The number of benzene rings is 1. The second kappa shape index (κ2) is 4.54. The molecule has 1 rings (SSSR count). The quantitative estimate of drug-likeness (QED) is 0.743. The summed E-state index contributed by atoms with van der Waals surface area (Å²) < 4.78 is 13.1. The zero-order valence-corrected chi connectivity index (χ0v) is 7.70. The molecule has 0 saturated carbocycles. The molecule has 1 aromatic rings. The molecule has 0 bridgehead atoms. The molecule has 0 fully saturated rings. The van der Waals surface area contributed by atoms with Gasteiger partial charge in [0.2, 0.25) is 0 Å². The number of rotatable bonds is 3. The summed E-state index contributed by atoms with van der Waals surface area (Å²) in [6.45, 7) is 3.56. The highest BCUT2D eigenvalue weighted by atomic mass is 19.1. The van der Waals surface area contributed by atoms with E-state index < -0.39 is 5.82 Å². The van der Waals surface area contributed by atoms with Crippen molar-refractivity contribution in [2.24, 2.45) is 5.73 Å². The van der Waals surface area contributed by atoms with Crippen LogP contribution in [0, 0.1) is 17.1 Å². The standard InChI is InChI=1S/C11H11FN2/c1-2-3-11(14)8-4-5-9(7-13)10(12)6-8/h2,4-6,11H,1,3,14H2/t11-/m0/s1. The van der Waals surface area contributed by atoms with Gasteiger partial charge in [0.1, 0.15) is 11.9 Å². The topological polar surface area (TPSA) is 49.8 Å². The first kappa shape index (κ1) is 10.4. The average molecular weight is 190 g/mol. The first-order chi connectivity index (χ1) is 6.69. The van der Waals surface area contributed by atoms with Crippen LogP contribution in [0.4, 0.5) is 4.39 Å². The van der Waals surface area contributed by atoms with Crippen molar-refractivity contribution in [2.75, 3.05) is 0 Å². The molecule has 0 aliphatic carbocycles. The molecule has 0 unspecified atom stereocenters. The number of nitriles is 1. The van der Waals surface area contributed by atoms with Gasteiger partial charge in [-0.3, -0.25) is 0 Å². The monoisotopic (exact) mass is 190 g/mol. The fourth-order valence-electron chi connectivity index (χ4n) is 1.17. The van der Waals surface area contributed by atoms with E-state index in [0.717, 1.165) is 0 Å². The Labute approximate surface area is 82.5 Å². The van der Waals surface area contributed by atoms with E-state index in [1.165, 1.54) is 12.1 Å². The lowest BCUT2D eigenvalue weighted by atomic mass is 10.0. The Morgan fingerprint density at radius 1 is 1.64 bits per heavy atom. The van der Waals surface area contributed by atoms with Crippen LogP contribution in [0.1, 0.15) is 23.6 Å². The van der Waals surface area contributed by atoms with Gasteiger partial charge in [0, 0.05) is 6.04 Å². The molecular weight excluding hydrogens is 179 g/mol. The summed E-state index contributed by atoms with van der Waals surface area (Å²) in [7, 11) is 0. The summed E-state index contributed by atoms with van der Waals surface area (Å²) in [6, 6.07) is 5.90. The zero-order chi connectivity index (χ0) is 10.6. The van der Waals surface area contributed by atoms with Crippen LogP contribution < -0.4 is 5.73 Å². The summed E-state index contributed by atoms with van der Waals surface area (Å²) in [4.78, 5) is 0. The van der Waals surface area contributed by atoms with E-state index in [4.69, 9.17) is 11.0 Å². The van der Waals surface area contributed by atoms with Gasteiger partial charge in [-0.15, -0.1) is 6.58 Å². The van der Waals surface area contributed by atoms with Crippen LogP contribution in [-0.4, -0.2) is 0 Å². The molecule has 0 aliphatic heterocycles. The molecular formula is C11H11FN2. The van der Waals surface area contributed by atoms with Crippen LogP contribution in [0.2, 0.25) is 0 Å². The van der Waals surface area contributed by atoms with Crippen LogP contribution in [0.25, 0.3) is 0 Å². The van der Waals surface area contributed by atoms with Gasteiger partial charge in [-0.1, -0.05) is 12.1 Å². The Morgan fingerprint density at radius 2 is 2.36 bits per heavy atom. The number of hydrogen-bond donors (Lipinski definition) is 1. The van der Waals surface area contributed by atoms with Crippen LogP contribution in [0.15, 0.2) is 30.9 Å². The van der Waals surface area contributed by atoms with Gasteiger partial charge in [0.25, 0.3) is 0 Å². The molecule has 0 saturated heterocycles. The van der Waals surface area contributed by atoms with Gasteiger partial charge in [-0.05, 0) is 24.1 Å². The van der Waals surface area contributed by atoms with Crippen molar-refractivity contribution in [3.63, 3.8) is 0 Å². The molecule has 3 heteroatoms. The zero-order valence-electron chi connectivity index (χ0n) is 7.70. The molecule has 0 radical (unpaired) electrons. The molecule has 14 heavy (non-hydrogen) atoms. The second-order valence-electron chi connectivity index (χ2n) is 2.98. The molecule has 0 aromatic heterocycles. The minimum absolute atomic E-state index is 0.0413. The van der Waals surface area contributed by atoms with E-state index in [9.17, 15) is 4.39 Å². The molecule has 1 aromatic carbocycles. The van der Waals surface area contributed by atoms with E-state index in [2.05, 4.69) is 6.58 Å². The van der Waals surface area contributed by atoms with Crippen molar-refractivity contribution in [1.82, 2.24) is 0 Å². The predicted octanol–water partition coefficient (Wildman–Crippen LogP) is 2.27. The van der Waals surface area contributed by atoms with Crippen LogP contribution in [0.5, 0.6) is 0 Å². The number of halogens is 1. The SMILES string of the molecule is C=CC[C@H](N)c1ccc(C#N)c(F)c1. The van der Waals surface area contributed by atoms with Gasteiger partial charge in [-0.2, -0.15) is 5.26 Å². The number of hydrogen-bond acceptors (Lipinski definition) is 2. The van der Waals surface area contributed by atoms with Crippen molar-refractivity contribution < 1.29 is 4.39 Å². The highest BCUT2D eigenvalue weighted by Gasteiger charge is 2.07. The summed E-state index contributed by atoms with van der Waals surface area (Å²) in [5, 5.41) is 8.51. The van der Waals surface area contributed by atoms with Crippen molar-refractivity contribution in [1.29, 1.82) is 5.26 Å². The minimum atomic E-state index is -0.524. The van der Waals surface area contributed by atoms with E-state index in [1.807, 2.05) is 0 Å². The highest BCUT2D eigenvalue weighted by molar-refractivity contribution is 5.34. The largest absolute Gasteiger partial charge is 0.324 e. The van der Waals surface area contributed by atoms with Crippen molar-refractivity contribution in [2.45, 2.75) is 12.5 Å². The first-order valence-corrected chi connectivity index (χ1v) is 4.25. The fourth-order valence-corrected chi connectivity index (χ4v) is 1.17. The Morgan fingerprint density at radius 3 is 2.86 bits per heavy atom. The van der Waals surface area contributed by atoms with E-state index >= 15 is 0 Å². The summed E-state index contributed by atoms with van der Waals surface area (Å²) in [5.74, 6) is -0.524. The maximum absolute atomic E-state index is 13.1. The number of nitrogens with zero attached hydrogens (tertiary/aromatic N) is 1. The molecule has 2 nitrogen and oxygen atoms in total. The van der Waals surface area contributed by atoms with E-state index in [-0.39, 0.29) is 11.6 Å². The maximum Gasteiger partial charge on any atom is 0.141 e. The van der Waals surface area contributed by atoms with Crippen molar-refractivity contribution in [3.8, 4) is 6.07 Å². The molecule has 0 spiro atoms. The van der Waals surface area contributed by atoms with Crippen LogP contribution in [0.3, 0.4) is 0 Å². The molecule has 72 valence electrons. The Hall–Kier alpha value is -1.66. The third kappa shape index (κ3) is 2.18. The summed E-state index contributed by atoms with van der Waals surface area (Å²) in [6.07, 6.45) is 2.27. The van der Waals surface area contributed by atoms with Crippen molar-refractivity contribution >= 4 is 0 Å². The van der Waals surface area contributed by atoms with Crippen LogP contribution in [-0.2, 0) is 0 Å². The fraction of sp³-hybridized carbons (Fsp3) is 0.182.